The van der Waals surface area contributed by atoms with Crippen LogP contribution in [0.1, 0.15) is 16.7 Å². The van der Waals surface area contributed by atoms with Crippen molar-refractivity contribution in [2.75, 3.05) is 6.61 Å². The monoisotopic (exact) mass is 264 g/mol. The molecule has 0 fully saturated rings. The summed E-state index contributed by atoms with van der Waals surface area (Å²) in [7, 11) is 0. The van der Waals surface area contributed by atoms with Gasteiger partial charge in [-0.05, 0) is 29.8 Å². The van der Waals surface area contributed by atoms with Crippen molar-refractivity contribution in [3.63, 3.8) is 0 Å². The molecular weight excluding hydrogens is 248 g/mol. The Morgan fingerprint density at radius 3 is 2.61 bits per heavy atom. The molecule has 0 aliphatic heterocycles. The summed E-state index contributed by atoms with van der Waals surface area (Å²) in [6, 6.07) is 6.49. The smallest absolute Gasteiger partial charge is 0.209 e. The first-order chi connectivity index (χ1) is 8.69. The Morgan fingerprint density at radius 1 is 1.22 bits per heavy atom. The highest BCUT2D eigenvalue weighted by atomic mass is 32.2. The molecule has 96 valence electrons. The van der Waals surface area contributed by atoms with Crippen LogP contribution >= 0.6 is 11.8 Å². The zero-order chi connectivity index (χ0) is 13.0. The van der Waals surface area contributed by atoms with Gasteiger partial charge in [-0.15, -0.1) is 5.10 Å². The van der Waals surface area contributed by atoms with E-state index in [1.807, 2.05) is 0 Å². The minimum Gasteiger partial charge on any atom is -0.394 e. The van der Waals surface area contributed by atoms with Crippen molar-refractivity contribution in [2.24, 2.45) is 0 Å². The first kappa shape index (κ1) is 13.0. The average molecular weight is 264 g/mol. The molecule has 1 heterocycles. The highest BCUT2D eigenvalue weighted by Gasteiger charge is 2.06. The summed E-state index contributed by atoms with van der Waals surface area (Å²) < 4.78 is 1.62. The Labute approximate surface area is 110 Å². The summed E-state index contributed by atoms with van der Waals surface area (Å²) in [5.74, 6) is 0.828. The quantitative estimate of drug-likeness (QED) is 0.831. The molecule has 5 nitrogen and oxygen atoms in total. The van der Waals surface area contributed by atoms with Gasteiger partial charge in [-0.3, -0.25) is 0 Å². The topological polar surface area (TPSA) is 63.8 Å². The molecule has 18 heavy (non-hydrogen) atoms. The molecule has 0 aliphatic rings. The van der Waals surface area contributed by atoms with E-state index in [9.17, 15) is 0 Å². The lowest BCUT2D eigenvalue weighted by molar-refractivity contribution is 0.262. The average Bonchev–Trinajstić information content (AvgIpc) is 2.73. The van der Waals surface area contributed by atoms with E-state index in [-0.39, 0.29) is 6.61 Å². The van der Waals surface area contributed by atoms with Gasteiger partial charge in [0.25, 0.3) is 0 Å². The summed E-state index contributed by atoms with van der Waals surface area (Å²) >= 11 is 1.58. The third kappa shape index (κ3) is 3.30. The van der Waals surface area contributed by atoms with Crippen LogP contribution in [0.2, 0.25) is 0 Å². The molecule has 2 rings (SSSR count). The van der Waals surface area contributed by atoms with Gasteiger partial charge in [-0.1, -0.05) is 41.1 Å². The second kappa shape index (κ2) is 5.97. The molecule has 6 heteroatoms. The molecule has 1 N–H and O–H groups in total. The lowest BCUT2D eigenvalue weighted by Crippen LogP contribution is -2.05. The van der Waals surface area contributed by atoms with E-state index in [1.165, 1.54) is 16.7 Å². The summed E-state index contributed by atoms with van der Waals surface area (Å²) in [6.07, 6.45) is 0. The number of thioether (sulfide) groups is 1. The molecular formula is C12H16N4OS. The summed E-state index contributed by atoms with van der Waals surface area (Å²) in [5.41, 5.74) is 3.79. The maximum atomic E-state index is 8.89. The number of nitrogens with zero attached hydrogens (tertiary/aromatic N) is 4. The molecule has 0 radical (unpaired) electrons. The van der Waals surface area contributed by atoms with E-state index in [1.54, 1.807) is 16.4 Å². The van der Waals surface area contributed by atoms with Crippen molar-refractivity contribution in [3.8, 4) is 0 Å². The van der Waals surface area contributed by atoms with Crippen LogP contribution in [0, 0.1) is 13.8 Å². The van der Waals surface area contributed by atoms with Crippen LogP contribution in [0.25, 0.3) is 0 Å². The Hall–Kier alpha value is -1.40. The van der Waals surface area contributed by atoms with Gasteiger partial charge in [0, 0.05) is 5.75 Å². The summed E-state index contributed by atoms with van der Waals surface area (Å²) in [5, 5.41) is 21.0. The molecule has 0 atom stereocenters. The number of tetrazole rings is 1. The third-order valence-corrected chi connectivity index (χ3v) is 3.49. The SMILES string of the molecule is Cc1cc(C)cc(CSc2nnnn2CCO)c1. The van der Waals surface area contributed by atoms with Gasteiger partial charge in [-0.25, -0.2) is 4.68 Å². The van der Waals surface area contributed by atoms with Crippen LogP contribution in [-0.2, 0) is 12.3 Å². The van der Waals surface area contributed by atoms with Crippen molar-refractivity contribution in [1.82, 2.24) is 20.2 Å². The lowest BCUT2D eigenvalue weighted by atomic mass is 10.1. The predicted octanol–water partition coefficient (Wildman–Crippen LogP) is 1.57. The fourth-order valence-electron chi connectivity index (χ4n) is 1.84. The van der Waals surface area contributed by atoms with Gasteiger partial charge in [0.05, 0.1) is 13.2 Å². The van der Waals surface area contributed by atoms with Crippen LogP contribution < -0.4 is 0 Å². The van der Waals surface area contributed by atoms with Gasteiger partial charge < -0.3 is 5.11 Å². The maximum absolute atomic E-state index is 8.89. The van der Waals surface area contributed by atoms with E-state index in [4.69, 9.17) is 5.11 Å². The minimum atomic E-state index is 0.0438. The van der Waals surface area contributed by atoms with Gasteiger partial charge in [0.2, 0.25) is 5.16 Å². The van der Waals surface area contributed by atoms with Crippen LogP contribution in [0.15, 0.2) is 23.4 Å². The number of aryl methyl sites for hydroxylation is 2. The molecule has 0 unspecified atom stereocenters. The second-order valence-electron chi connectivity index (χ2n) is 4.19. The zero-order valence-corrected chi connectivity index (χ0v) is 11.3. The molecule has 1 aromatic heterocycles. The van der Waals surface area contributed by atoms with Crippen molar-refractivity contribution in [2.45, 2.75) is 31.3 Å². The van der Waals surface area contributed by atoms with Crippen LogP contribution in [0.3, 0.4) is 0 Å². The minimum absolute atomic E-state index is 0.0438. The largest absolute Gasteiger partial charge is 0.394 e. The second-order valence-corrected chi connectivity index (χ2v) is 5.14. The number of hydrogen-bond donors (Lipinski definition) is 1. The number of aliphatic hydroxyl groups excluding tert-OH is 1. The molecule has 0 saturated carbocycles. The Bertz CT molecular complexity index is 506. The predicted molar refractivity (Wildman–Crippen MR) is 70.4 cm³/mol. The van der Waals surface area contributed by atoms with Crippen molar-refractivity contribution in [1.29, 1.82) is 0 Å². The van der Waals surface area contributed by atoms with Gasteiger partial charge >= 0.3 is 0 Å². The van der Waals surface area contributed by atoms with Crippen molar-refractivity contribution in [3.05, 3.63) is 34.9 Å². The highest BCUT2D eigenvalue weighted by Crippen LogP contribution is 2.21. The van der Waals surface area contributed by atoms with Gasteiger partial charge in [-0.2, -0.15) is 0 Å². The van der Waals surface area contributed by atoms with Crippen molar-refractivity contribution < 1.29 is 5.11 Å². The van der Waals surface area contributed by atoms with Crippen molar-refractivity contribution >= 4 is 11.8 Å². The number of aromatic nitrogens is 4. The number of benzene rings is 1. The number of aliphatic hydroxyl groups is 1. The Kier molecular flexibility index (Phi) is 4.33. The normalized spacial score (nSPS) is 10.8. The van der Waals surface area contributed by atoms with Crippen LogP contribution in [0.4, 0.5) is 0 Å². The first-order valence-electron chi connectivity index (χ1n) is 5.76. The van der Waals surface area contributed by atoms with Crippen LogP contribution in [-0.4, -0.2) is 31.9 Å². The fourth-order valence-corrected chi connectivity index (χ4v) is 2.67. The third-order valence-electron chi connectivity index (χ3n) is 2.46. The lowest BCUT2D eigenvalue weighted by Gasteiger charge is -2.05. The highest BCUT2D eigenvalue weighted by molar-refractivity contribution is 7.98. The molecule has 0 aliphatic carbocycles. The zero-order valence-electron chi connectivity index (χ0n) is 10.5. The standard InChI is InChI=1S/C12H16N4OS/c1-9-5-10(2)7-11(6-9)8-18-12-13-14-15-16(12)3-4-17/h5-7,17H,3-4,8H2,1-2H3. The fraction of sp³-hybridized carbons (Fsp3) is 0.417. The van der Waals surface area contributed by atoms with E-state index in [0.29, 0.717) is 6.54 Å². The Morgan fingerprint density at radius 2 is 1.94 bits per heavy atom. The maximum Gasteiger partial charge on any atom is 0.209 e. The molecule has 0 bridgehead atoms. The van der Waals surface area contributed by atoms with Crippen LogP contribution in [0.5, 0.6) is 0 Å². The molecule has 0 saturated heterocycles. The summed E-state index contributed by atoms with van der Waals surface area (Å²) in [6.45, 7) is 4.66. The molecule has 0 amide bonds. The Balaban J connectivity index is 2.04. The number of hydrogen-bond acceptors (Lipinski definition) is 5. The molecule has 1 aromatic carbocycles. The van der Waals surface area contributed by atoms with E-state index < -0.39 is 0 Å². The summed E-state index contributed by atoms with van der Waals surface area (Å²) in [4.78, 5) is 0. The van der Waals surface area contributed by atoms with Gasteiger partial charge in [0.15, 0.2) is 0 Å². The molecule has 0 spiro atoms. The number of rotatable bonds is 5. The van der Waals surface area contributed by atoms with E-state index in [0.717, 1.165) is 10.9 Å². The van der Waals surface area contributed by atoms with Gasteiger partial charge in [0.1, 0.15) is 0 Å². The molecule has 2 aromatic rings. The van der Waals surface area contributed by atoms with E-state index >= 15 is 0 Å². The first-order valence-corrected chi connectivity index (χ1v) is 6.74. The van der Waals surface area contributed by atoms with E-state index in [2.05, 4.69) is 47.6 Å².